The summed E-state index contributed by atoms with van der Waals surface area (Å²) in [6.07, 6.45) is 8.27. The van der Waals surface area contributed by atoms with Crippen LogP contribution in [0.5, 0.6) is 0 Å². The number of likely N-dealkylation sites (N-methyl/N-ethyl adjacent to an activating group) is 1. The van der Waals surface area contributed by atoms with E-state index in [4.69, 9.17) is 0 Å². The van der Waals surface area contributed by atoms with Gasteiger partial charge in [-0.25, -0.2) is 0 Å². The van der Waals surface area contributed by atoms with Gasteiger partial charge in [0.15, 0.2) is 0 Å². The number of hydrogen-bond donors (Lipinski definition) is 1. The van der Waals surface area contributed by atoms with E-state index in [1.165, 1.54) is 36.3 Å². The molecule has 0 bridgehead atoms. The zero-order valence-electron chi connectivity index (χ0n) is 12.4. The highest BCUT2D eigenvalue weighted by atomic mass is 32.1. The molecule has 20 heavy (non-hydrogen) atoms. The Morgan fingerprint density at radius 3 is 2.95 bits per heavy atom. The van der Waals surface area contributed by atoms with Gasteiger partial charge in [0.2, 0.25) is 0 Å². The van der Waals surface area contributed by atoms with Gasteiger partial charge in [0.05, 0.1) is 5.69 Å². The summed E-state index contributed by atoms with van der Waals surface area (Å²) >= 11 is 2.01. The second kappa shape index (κ2) is 6.10. The van der Waals surface area contributed by atoms with Crippen molar-refractivity contribution in [2.45, 2.75) is 45.1 Å². The zero-order valence-corrected chi connectivity index (χ0v) is 13.2. The van der Waals surface area contributed by atoms with Crippen molar-refractivity contribution < 1.29 is 0 Å². The minimum Gasteiger partial charge on any atom is -0.309 e. The van der Waals surface area contributed by atoms with Crippen molar-refractivity contribution in [2.75, 3.05) is 6.54 Å². The first-order chi connectivity index (χ1) is 9.76. The van der Waals surface area contributed by atoms with Crippen molar-refractivity contribution in [2.24, 2.45) is 7.05 Å². The predicted octanol–water partition coefficient (Wildman–Crippen LogP) is 3.25. The molecule has 2 aromatic heterocycles. The first-order valence-electron chi connectivity index (χ1n) is 7.59. The lowest BCUT2D eigenvalue weighted by molar-refractivity contribution is 0.547. The molecule has 3 nitrogen and oxygen atoms in total. The molecule has 3 rings (SSSR count). The van der Waals surface area contributed by atoms with Gasteiger partial charge in [-0.05, 0) is 49.9 Å². The fourth-order valence-corrected chi connectivity index (χ4v) is 4.32. The number of aryl methyl sites for hydroxylation is 3. The van der Waals surface area contributed by atoms with E-state index in [1.807, 2.05) is 29.3 Å². The van der Waals surface area contributed by atoms with E-state index < -0.39 is 0 Å². The topological polar surface area (TPSA) is 29.9 Å². The van der Waals surface area contributed by atoms with Gasteiger partial charge in [-0.2, -0.15) is 5.10 Å². The molecule has 1 aliphatic carbocycles. The predicted molar refractivity (Wildman–Crippen MR) is 84.3 cm³/mol. The van der Waals surface area contributed by atoms with E-state index in [0.717, 1.165) is 13.0 Å². The van der Waals surface area contributed by atoms with Crippen molar-refractivity contribution in [3.05, 3.63) is 39.3 Å². The number of nitrogens with one attached hydrogen (secondary N) is 1. The summed E-state index contributed by atoms with van der Waals surface area (Å²) < 4.78 is 1.89. The maximum Gasteiger partial charge on any atom is 0.0643 e. The average Bonchev–Trinajstić information content (AvgIpc) is 3.04. The van der Waals surface area contributed by atoms with Crippen molar-refractivity contribution in [1.82, 2.24) is 15.1 Å². The molecule has 108 valence electrons. The Balaban J connectivity index is 1.80. The van der Waals surface area contributed by atoms with Crippen LogP contribution in [0.25, 0.3) is 0 Å². The molecule has 2 aromatic rings. The number of hydrogen-bond acceptors (Lipinski definition) is 3. The fourth-order valence-electron chi connectivity index (χ4n) is 2.99. The standard InChI is InChI=1S/C16H23N3S/c1-3-17-14(11-13-8-9-19(2)18-13)16-10-12-6-4-5-7-15(12)20-16/h8-10,14,17H,3-7,11H2,1-2H3. The van der Waals surface area contributed by atoms with E-state index in [1.54, 1.807) is 10.4 Å². The van der Waals surface area contributed by atoms with Gasteiger partial charge in [0, 0.05) is 35.5 Å². The van der Waals surface area contributed by atoms with Gasteiger partial charge in [0.1, 0.15) is 0 Å². The number of thiophene rings is 1. The number of rotatable bonds is 5. The smallest absolute Gasteiger partial charge is 0.0643 e. The number of fused-ring (bicyclic) bond motifs is 1. The van der Waals surface area contributed by atoms with Crippen LogP contribution in [0.3, 0.4) is 0 Å². The van der Waals surface area contributed by atoms with Crippen LogP contribution in [0.4, 0.5) is 0 Å². The molecule has 0 spiro atoms. The molecule has 0 aromatic carbocycles. The van der Waals surface area contributed by atoms with Crippen LogP contribution in [0, 0.1) is 0 Å². The summed E-state index contributed by atoms with van der Waals surface area (Å²) in [6.45, 7) is 3.18. The maximum absolute atomic E-state index is 4.52. The minimum atomic E-state index is 0.408. The zero-order chi connectivity index (χ0) is 13.9. The second-order valence-electron chi connectivity index (χ2n) is 5.60. The highest BCUT2D eigenvalue weighted by Crippen LogP contribution is 2.33. The highest BCUT2D eigenvalue weighted by Gasteiger charge is 2.19. The largest absolute Gasteiger partial charge is 0.309 e. The van der Waals surface area contributed by atoms with Crippen LogP contribution in [0.1, 0.15) is 46.8 Å². The third-order valence-corrected chi connectivity index (χ3v) is 5.34. The Hall–Kier alpha value is -1.13. The summed E-state index contributed by atoms with van der Waals surface area (Å²) in [7, 11) is 1.98. The maximum atomic E-state index is 4.52. The van der Waals surface area contributed by atoms with Gasteiger partial charge in [0.25, 0.3) is 0 Å². The highest BCUT2D eigenvalue weighted by molar-refractivity contribution is 7.12. The Morgan fingerprint density at radius 1 is 1.40 bits per heavy atom. The number of aromatic nitrogens is 2. The Labute approximate surface area is 125 Å². The second-order valence-corrected chi connectivity index (χ2v) is 6.77. The summed E-state index contributed by atoms with van der Waals surface area (Å²) in [5.74, 6) is 0. The Morgan fingerprint density at radius 2 is 2.25 bits per heavy atom. The summed E-state index contributed by atoms with van der Waals surface area (Å²) in [5.41, 5.74) is 2.77. The van der Waals surface area contributed by atoms with Gasteiger partial charge in [-0.1, -0.05) is 6.92 Å². The lowest BCUT2D eigenvalue weighted by Crippen LogP contribution is -2.22. The van der Waals surface area contributed by atoms with E-state index in [2.05, 4.69) is 29.5 Å². The lowest BCUT2D eigenvalue weighted by atomic mass is 9.98. The van der Waals surface area contributed by atoms with Crippen LogP contribution >= 0.6 is 11.3 Å². The molecular weight excluding hydrogens is 266 g/mol. The summed E-state index contributed by atoms with van der Waals surface area (Å²) in [5, 5.41) is 8.15. The summed E-state index contributed by atoms with van der Waals surface area (Å²) in [6, 6.07) is 4.97. The van der Waals surface area contributed by atoms with Crippen molar-refractivity contribution in [1.29, 1.82) is 0 Å². The van der Waals surface area contributed by atoms with Crippen molar-refractivity contribution >= 4 is 11.3 Å². The molecule has 0 amide bonds. The molecule has 0 radical (unpaired) electrons. The summed E-state index contributed by atoms with van der Waals surface area (Å²) in [4.78, 5) is 3.11. The molecule has 0 fully saturated rings. The molecule has 1 atom stereocenters. The SMILES string of the molecule is CCNC(Cc1ccn(C)n1)c1cc2c(s1)CCCC2. The van der Waals surface area contributed by atoms with E-state index >= 15 is 0 Å². The van der Waals surface area contributed by atoms with Gasteiger partial charge in [-0.15, -0.1) is 11.3 Å². The molecule has 4 heteroatoms. The Kier molecular flexibility index (Phi) is 4.22. The van der Waals surface area contributed by atoms with Gasteiger partial charge < -0.3 is 5.32 Å². The minimum absolute atomic E-state index is 0.408. The van der Waals surface area contributed by atoms with Crippen LogP contribution < -0.4 is 5.32 Å². The fraction of sp³-hybridized carbons (Fsp3) is 0.562. The normalized spacial score (nSPS) is 16.1. The number of nitrogens with zero attached hydrogens (tertiary/aromatic N) is 2. The van der Waals surface area contributed by atoms with Crippen LogP contribution in [0.15, 0.2) is 18.3 Å². The molecule has 0 saturated carbocycles. The molecule has 1 aliphatic rings. The van der Waals surface area contributed by atoms with Crippen LogP contribution in [-0.2, 0) is 26.3 Å². The monoisotopic (exact) mass is 289 g/mol. The molecule has 1 N–H and O–H groups in total. The lowest BCUT2D eigenvalue weighted by Gasteiger charge is -2.15. The Bertz CT molecular complexity index is 547. The molecule has 0 saturated heterocycles. The average molecular weight is 289 g/mol. The molecule has 2 heterocycles. The third kappa shape index (κ3) is 2.96. The molecule has 1 unspecified atom stereocenters. The third-order valence-electron chi connectivity index (χ3n) is 3.99. The quantitative estimate of drug-likeness (QED) is 0.915. The van der Waals surface area contributed by atoms with Crippen molar-refractivity contribution in [3.63, 3.8) is 0 Å². The first-order valence-corrected chi connectivity index (χ1v) is 8.41. The van der Waals surface area contributed by atoms with E-state index in [-0.39, 0.29) is 0 Å². The molecule has 0 aliphatic heterocycles. The van der Waals surface area contributed by atoms with Gasteiger partial charge in [-0.3, -0.25) is 4.68 Å². The van der Waals surface area contributed by atoms with Crippen molar-refractivity contribution in [3.8, 4) is 0 Å². The van der Waals surface area contributed by atoms with E-state index in [0.29, 0.717) is 6.04 Å². The molecular formula is C16H23N3S. The van der Waals surface area contributed by atoms with Crippen LogP contribution in [-0.4, -0.2) is 16.3 Å². The van der Waals surface area contributed by atoms with Gasteiger partial charge >= 0.3 is 0 Å². The van der Waals surface area contributed by atoms with Crippen LogP contribution in [0.2, 0.25) is 0 Å². The van der Waals surface area contributed by atoms with E-state index in [9.17, 15) is 0 Å². The first kappa shape index (κ1) is 13.8.